The van der Waals surface area contributed by atoms with Gasteiger partial charge in [0, 0.05) is 55.2 Å². The van der Waals surface area contributed by atoms with E-state index in [9.17, 15) is 9.50 Å². The molecule has 0 aliphatic carbocycles. The summed E-state index contributed by atoms with van der Waals surface area (Å²) in [5.74, 6) is -0.00996. The molecule has 0 spiro atoms. The van der Waals surface area contributed by atoms with Crippen molar-refractivity contribution in [3.05, 3.63) is 54.1 Å². The minimum absolute atomic E-state index is 0.157. The smallest absolute Gasteiger partial charge is 0.141 e. The molecule has 0 saturated carbocycles. The molecule has 1 fully saturated rings. The molecule has 146 valence electrons. The van der Waals surface area contributed by atoms with Crippen LogP contribution in [0.4, 0.5) is 15.9 Å². The second-order valence-electron chi connectivity index (χ2n) is 7.00. The first kappa shape index (κ1) is 18.3. The predicted molar refractivity (Wildman–Crippen MR) is 108 cm³/mol. The molecule has 1 saturated heterocycles. The first-order chi connectivity index (χ1) is 13.5. The number of phenols is 1. The summed E-state index contributed by atoms with van der Waals surface area (Å²) in [6.45, 7) is 8.91. The van der Waals surface area contributed by atoms with E-state index in [1.807, 2.05) is 23.9 Å². The number of aromatic hydroxyl groups is 1. The Morgan fingerprint density at radius 3 is 2.82 bits per heavy atom. The van der Waals surface area contributed by atoms with E-state index in [0.29, 0.717) is 30.3 Å². The number of anilines is 2. The van der Waals surface area contributed by atoms with Crippen molar-refractivity contribution in [2.75, 3.05) is 31.6 Å². The zero-order chi connectivity index (χ0) is 19.8. The van der Waals surface area contributed by atoms with E-state index in [1.54, 1.807) is 19.2 Å². The third kappa shape index (κ3) is 3.18. The first-order valence-electron chi connectivity index (χ1n) is 9.18. The van der Waals surface area contributed by atoms with Gasteiger partial charge in [-0.2, -0.15) is 0 Å². The van der Waals surface area contributed by atoms with E-state index >= 15 is 0 Å². The Kier molecular flexibility index (Phi) is 4.68. The first-order valence-corrected chi connectivity index (χ1v) is 9.18. The molecule has 3 heterocycles. The molecular weight excluding hydrogens is 359 g/mol. The van der Waals surface area contributed by atoms with Gasteiger partial charge in [0.15, 0.2) is 0 Å². The van der Waals surface area contributed by atoms with Crippen LogP contribution in [0.5, 0.6) is 5.75 Å². The van der Waals surface area contributed by atoms with Gasteiger partial charge >= 0.3 is 0 Å². The molecular formula is C21H23FN4O2. The van der Waals surface area contributed by atoms with Gasteiger partial charge < -0.3 is 24.6 Å². The maximum absolute atomic E-state index is 13.6. The summed E-state index contributed by atoms with van der Waals surface area (Å²) in [4.78, 5) is 6.78. The lowest BCUT2D eigenvalue weighted by atomic mass is 10.1. The zero-order valence-corrected chi connectivity index (χ0v) is 16.0. The van der Waals surface area contributed by atoms with Gasteiger partial charge in [0.1, 0.15) is 17.4 Å². The van der Waals surface area contributed by atoms with Gasteiger partial charge in [-0.1, -0.05) is 6.58 Å². The largest absolute Gasteiger partial charge is 0.506 e. The molecule has 4 rings (SSSR count). The molecule has 1 aromatic carbocycles. The minimum Gasteiger partial charge on any atom is -0.506 e. The average molecular weight is 382 g/mol. The van der Waals surface area contributed by atoms with E-state index in [0.717, 1.165) is 41.3 Å². The van der Waals surface area contributed by atoms with Crippen LogP contribution in [0.3, 0.4) is 0 Å². The highest BCUT2D eigenvalue weighted by Crippen LogP contribution is 2.34. The fourth-order valence-corrected chi connectivity index (χ4v) is 3.53. The lowest BCUT2D eigenvalue weighted by Gasteiger charge is -2.31. The van der Waals surface area contributed by atoms with Gasteiger partial charge in [-0.05, 0) is 24.6 Å². The molecule has 3 aromatic rings. The standard InChI is InChI=1S/C21H23FN4O2/c1-13-10-18(19(27)11-17(13)22)24-21-15-4-5-25(3)20(15)16(12-23-21)14(2)26-6-8-28-9-7-26/h4-5,10-12,27H,2,6-9H2,1,3H3,(H,23,24). The van der Waals surface area contributed by atoms with E-state index < -0.39 is 5.82 Å². The summed E-state index contributed by atoms with van der Waals surface area (Å²) < 4.78 is 21.1. The highest BCUT2D eigenvalue weighted by atomic mass is 19.1. The monoisotopic (exact) mass is 382 g/mol. The van der Waals surface area contributed by atoms with E-state index in [1.165, 1.54) is 0 Å². The summed E-state index contributed by atoms with van der Waals surface area (Å²) >= 11 is 0. The van der Waals surface area contributed by atoms with Gasteiger partial charge in [-0.3, -0.25) is 0 Å². The van der Waals surface area contributed by atoms with Crippen molar-refractivity contribution < 1.29 is 14.2 Å². The second kappa shape index (κ2) is 7.16. The van der Waals surface area contributed by atoms with Gasteiger partial charge in [-0.25, -0.2) is 9.37 Å². The summed E-state index contributed by atoms with van der Waals surface area (Å²) in [7, 11) is 1.97. The second-order valence-corrected chi connectivity index (χ2v) is 7.00. The van der Waals surface area contributed by atoms with E-state index in [-0.39, 0.29) is 5.75 Å². The third-order valence-corrected chi connectivity index (χ3v) is 5.14. The molecule has 0 bridgehead atoms. The van der Waals surface area contributed by atoms with Gasteiger partial charge in [0.2, 0.25) is 0 Å². The van der Waals surface area contributed by atoms with Crippen LogP contribution in [0, 0.1) is 12.7 Å². The highest BCUT2D eigenvalue weighted by Gasteiger charge is 2.19. The lowest BCUT2D eigenvalue weighted by molar-refractivity contribution is 0.0641. The van der Waals surface area contributed by atoms with Crippen molar-refractivity contribution in [1.82, 2.24) is 14.5 Å². The number of phenolic OH excluding ortho intramolecular Hbond substituents is 1. The molecule has 7 heteroatoms. The van der Waals surface area contributed by atoms with Crippen LogP contribution in [0.2, 0.25) is 0 Å². The summed E-state index contributed by atoms with van der Waals surface area (Å²) in [5.41, 5.74) is 3.72. The topological polar surface area (TPSA) is 62.6 Å². The molecule has 28 heavy (non-hydrogen) atoms. The molecule has 0 atom stereocenters. The molecule has 2 N–H and O–H groups in total. The maximum atomic E-state index is 13.6. The van der Waals surface area contributed by atoms with Crippen molar-refractivity contribution in [3.63, 3.8) is 0 Å². The third-order valence-electron chi connectivity index (χ3n) is 5.14. The fraction of sp³-hybridized carbons (Fsp3) is 0.286. The van der Waals surface area contributed by atoms with Gasteiger partial charge in [0.25, 0.3) is 0 Å². The maximum Gasteiger partial charge on any atom is 0.141 e. The van der Waals surface area contributed by atoms with Crippen molar-refractivity contribution in [2.24, 2.45) is 7.05 Å². The van der Waals surface area contributed by atoms with Crippen LogP contribution >= 0.6 is 0 Å². The van der Waals surface area contributed by atoms with Crippen molar-refractivity contribution in [1.29, 1.82) is 0 Å². The van der Waals surface area contributed by atoms with Crippen LogP contribution in [-0.2, 0) is 11.8 Å². The normalized spacial score (nSPS) is 14.5. The average Bonchev–Trinajstić information content (AvgIpc) is 3.09. The molecule has 0 amide bonds. The number of nitrogens with one attached hydrogen (secondary N) is 1. The van der Waals surface area contributed by atoms with Gasteiger partial charge in [-0.15, -0.1) is 0 Å². The predicted octanol–water partition coefficient (Wildman–Crippen LogP) is 3.77. The van der Waals surface area contributed by atoms with Crippen LogP contribution < -0.4 is 5.32 Å². The van der Waals surface area contributed by atoms with Crippen molar-refractivity contribution in [3.8, 4) is 5.75 Å². The van der Waals surface area contributed by atoms with Crippen molar-refractivity contribution in [2.45, 2.75) is 6.92 Å². The quantitative estimate of drug-likeness (QED) is 0.673. The minimum atomic E-state index is -0.446. The number of nitrogens with zero attached hydrogens (tertiary/aromatic N) is 3. The van der Waals surface area contributed by atoms with E-state index in [4.69, 9.17) is 4.74 Å². The Morgan fingerprint density at radius 2 is 2.07 bits per heavy atom. The SMILES string of the molecule is C=C(c1cnc(Nc2cc(C)c(F)cc2O)c2ccn(C)c12)N1CCOCC1. The van der Waals surface area contributed by atoms with Gasteiger partial charge in [0.05, 0.1) is 24.4 Å². The summed E-state index contributed by atoms with van der Waals surface area (Å²) in [5, 5.41) is 14.1. The summed E-state index contributed by atoms with van der Waals surface area (Å²) in [6, 6.07) is 4.64. The Morgan fingerprint density at radius 1 is 1.32 bits per heavy atom. The van der Waals surface area contributed by atoms with Crippen LogP contribution in [0.25, 0.3) is 16.6 Å². The number of aryl methyl sites for hydroxylation is 2. The molecule has 6 nitrogen and oxygen atoms in total. The Hall–Kier alpha value is -3.06. The molecule has 0 radical (unpaired) electrons. The van der Waals surface area contributed by atoms with E-state index in [2.05, 4.69) is 21.8 Å². The number of pyridine rings is 1. The van der Waals surface area contributed by atoms with Crippen molar-refractivity contribution >= 4 is 28.1 Å². The number of morpholine rings is 1. The Bertz CT molecular complexity index is 1050. The number of benzene rings is 1. The summed E-state index contributed by atoms with van der Waals surface area (Å²) in [6.07, 6.45) is 3.75. The number of aromatic nitrogens is 2. The number of ether oxygens (including phenoxy) is 1. The number of hydrogen-bond acceptors (Lipinski definition) is 5. The molecule has 0 unspecified atom stereocenters. The van der Waals surface area contributed by atoms with Crippen LogP contribution in [-0.4, -0.2) is 45.9 Å². The lowest BCUT2D eigenvalue weighted by Crippen LogP contribution is -2.34. The number of hydrogen-bond donors (Lipinski definition) is 2. The molecule has 1 aliphatic heterocycles. The molecule has 1 aliphatic rings. The van der Waals surface area contributed by atoms with Crippen LogP contribution in [0.1, 0.15) is 11.1 Å². The molecule has 2 aromatic heterocycles. The zero-order valence-electron chi connectivity index (χ0n) is 16.0. The number of fused-ring (bicyclic) bond motifs is 1. The highest BCUT2D eigenvalue weighted by molar-refractivity contribution is 5.98. The fourth-order valence-electron chi connectivity index (χ4n) is 3.53. The van der Waals surface area contributed by atoms with Crippen LogP contribution in [0.15, 0.2) is 37.2 Å². The number of halogens is 1. The Balaban J connectivity index is 1.74. The number of rotatable bonds is 4. The Labute approximate surface area is 162 Å².